The summed E-state index contributed by atoms with van der Waals surface area (Å²) in [4.78, 5) is 19.2. The smallest absolute Gasteiger partial charge is 0.178 e. The zero-order chi connectivity index (χ0) is 9.54. The minimum absolute atomic E-state index is 0.375. The highest BCUT2D eigenvalue weighted by Gasteiger charge is 2.05. The molecule has 0 radical (unpaired) electrons. The van der Waals surface area contributed by atoms with Gasteiger partial charge in [-0.1, -0.05) is 0 Å². The predicted octanol–water partition coefficient (Wildman–Crippen LogP) is 0.483. The molecule has 3 N–H and O–H groups in total. The third-order valence-corrected chi connectivity index (χ3v) is 2.03. The minimum Gasteiger partial charge on any atom is -0.382 e. The Balaban J connectivity index is 2.57. The molecular weight excluding hydrogens is 180 g/mol. The number of nitrogens with one attached hydrogen (secondary N) is 1. The fraction of sp³-hybridized carbons (Fsp3) is 0. The number of rotatable bonds is 0. The maximum Gasteiger partial charge on any atom is 0.178 e. The zero-order valence-corrected chi connectivity index (χ0v) is 7.10. The molecule has 3 rings (SSSR count). The van der Waals surface area contributed by atoms with Gasteiger partial charge in [0.05, 0.1) is 17.4 Å². The maximum absolute atomic E-state index is 5.66. The van der Waals surface area contributed by atoms with Crippen LogP contribution in [0.25, 0.3) is 22.2 Å². The summed E-state index contributed by atoms with van der Waals surface area (Å²) in [5.74, 6) is 0.375. The number of anilines is 1. The topological polar surface area (TPSA) is 93.4 Å². The largest absolute Gasteiger partial charge is 0.382 e. The lowest BCUT2D eigenvalue weighted by Crippen LogP contribution is -1.95. The molecule has 0 saturated carbocycles. The van der Waals surface area contributed by atoms with Crippen LogP contribution in [0.2, 0.25) is 0 Å². The molecule has 0 atom stereocenters. The van der Waals surface area contributed by atoms with Crippen molar-refractivity contribution in [2.45, 2.75) is 0 Å². The second-order valence-corrected chi connectivity index (χ2v) is 2.89. The number of nitrogens with zero attached hydrogens (tertiary/aromatic N) is 4. The van der Waals surface area contributed by atoms with Gasteiger partial charge in [-0.2, -0.15) is 0 Å². The van der Waals surface area contributed by atoms with Crippen LogP contribution in [-0.2, 0) is 0 Å². The Morgan fingerprint density at radius 3 is 3.07 bits per heavy atom. The van der Waals surface area contributed by atoms with Gasteiger partial charge in [0.25, 0.3) is 0 Å². The first-order valence-corrected chi connectivity index (χ1v) is 4.05. The molecule has 0 aliphatic rings. The van der Waals surface area contributed by atoms with Gasteiger partial charge >= 0.3 is 0 Å². The summed E-state index contributed by atoms with van der Waals surface area (Å²) < 4.78 is 0. The molecule has 0 bridgehead atoms. The van der Waals surface area contributed by atoms with Crippen molar-refractivity contribution < 1.29 is 0 Å². The van der Waals surface area contributed by atoms with Crippen LogP contribution in [0.1, 0.15) is 0 Å². The molecular formula is C8H6N6. The lowest BCUT2D eigenvalue weighted by Gasteiger charge is -1.97. The van der Waals surface area contributed by atoms with Crippen LogP contribution in [-0.4, -0.2) is 24.9 Å². The highest BCUT2D eigenvalue weighted by atomic mass is 15.0. The average Bonchev–Trinajstić information content (AvgIpc) is 2.62. The van der Waals surface area contributed by atoms with Gasteiger partial charge < -0.3 is 10.7 Å². The molecule has 0 aromatic carbocycles. The van der Waals surface area contributed by atoms with E-state index in [1.165, 1.54) is 6.33 Å². The van der Waals surface area contributed by atoms with Gasteiger partial charge in [0.1, 0.15) is 11.8 Å². The summed E-state index contributed by atoms with van der Waals surface area (Å²) >= 11 is 0. The summed E-state index contributed by atoms with van der Waals surface area (Å²) in [6.45, 7) is 0. The lowest BCUT2D eigenvalue weighted by molar-refractivity contribution is 1.21. The molecule has 0 saturated heterocycles. The zero-order valence-electron chi connectivity index (χ0n) is 7.10. The highest BCUT2D eigenvalue weighted by Crippen LogP contribution is 2.17. The Labute approximate surface area is 78.2 Å². The van der Waals surface area contributed by atoms with Crippen molar-refractivity contribution in [1.82, 2.24) is 24.9 Å². The lowest BCUT2D eigenvalue weighted by atomic mass is 10.3. The second-order valence-electron chi connectivity index (χ2n) is 2.89. The van der Waals surface area contributed by atoms with E-state index in [1.807, 2.05) is 6.07 Å². The summed E-state index contributed by atoms with van der Waals surface area (Å²) in [6.07, 6.45) is 3.00. The predicted molar refractivity (Wildman–Crippen MR) is 51.4 cm³/mol. The van der Waals surface area contributed by atoms with E-state index in [0.717, 1.165) is 5.52 Å². The quantitative estimate of drug-likeness (QED) is 0.532. The fourth-order valence-electron chi connectivity index (χ4n) is 1.36. The summed E-state index contributed by atoms with van der Waals surface area (Å²) in [7, 11) is 0. The molecule has 3 aromatic rings. The van der Waals surface area contributed by atoms with E-state index in [-0.39, 0.29) is 0 Å². The van der Waals surface area contributed by atoms with Crippen LogP contribution >= 0.6 is 0 Å². The standard InChI is InChI=1S/C8H6N6/c9-7-6-4(10-2-12-7)1-5-8(14-6)13-3-11-5/h1-3H,(H2,9,10,12)(H,11,13,14). The van der Waals surface area contributed by atoms with Gasteiger partial charge in [0, 0.05) is 0 Å². The molecule has 0 aliphatic heterocycles. The Morgan fingerprint density at radius 1 is 1.21 bits per heavy atom. The molecule has 68 valence electrons. The van der Waals surface area contributed by atoms with Crippen molar-refractivity contribution in [2.75, 3.05) is 5.73 Å². The number of aromatic amines is 1. The normalized spacial score (nSPS) is 11.1. The number of pyridine rings is 1. The number of aromatic nitrogens is 5. The van der Waals surface area contributed by atoms with E-state index in [1.54, 1.807) is 6.33 Å². The minimum atomic E-state index is 0.375. The van der Waals surface area contributed by atoms with Gasteiger partial charge in [-0.05, 0) is 6.07 Å². The van der Waals surface area contributed by atoms with E-state index >= 15 is 0 Å². The average molecular weight is 186 g/mol. The van der Waals surface area contributed by atoms with Gasteiger partial charge in [-0.25, -0.2) is 19.9 Å². The number of nitrogen functional groups attached to an aromatic ring is 1. The molecule has 0 spiro atoms. The van der Waals surface area contributed by atoms with E-state index in [0.29, 0.717) is 22.5 Å². The van der Waals surface area contributed by atoms with Crippen molar-refractivity contribution >= 4 is 28.0 Å². The van der Waals surface area contributed by atoms with E-state index in [2.05, 4.69) is 24.9 Å². The van der Waals surface area contributed by atoms with Crippen LogP contribution in [0.4, 0.5) is 5.82 Å². The van der Waals surface area contributed by atoms with Gasteiger partial charge in [-0.15, -0.1) is 0 Å². The van der Waals surface area contributed by atoms with Crippen LogP contribution in [0.5, 0.6) is 0 Å². The number of hydrogen-bond acceptors (Lipinski definition) is 5. The van der Waals surface area contributed by atoms with E-state index < -0.39 is 0 Å². The Morgan fingerprint density at radius 2 is 2.14 bits per heavy atom. The van der Waals surface area contributed by atoms with E-state index in [9.17, 15) is 0 Å². The van der Waals surface area contributed by atoms with E-state index in [4.69, 9.17) is 5.73 Å². The van der Waals surface area contributed by atoms with Crippen molar-refractivity contribution in [3.05, 3.63) is 18.7 Å². The number of nitrogens with two attached hydrogens (primary N) is 1. The Hall–Kier alpha value is -2.24. The third kappa shape index (κ3) is 0.846. The molecule has 0 unspecified atom stereocenters. The molecule has 6 heteroatoms. The first kappa shape index (κ1) is 7.19. The van der Waals surface area contributed by atoms with Crippen molar-refractivity contribution in [3.63, 3.8) is 0 Å². The van der Waals surface area contributed by atoms with Crippen LogP contribution < -0.4 is 5.73 Å². The molecule has 0 aliphatic carbocycles. The first-order chi connectivity index (χ1) is 6.84. The molecule has 0 fully saturated rings. The van der Waals surface area contributed by atoms with Crippen LogP contribution in [0, 0.1) is 0 Å². The van der Waals surface area contributed by atoms with Crippen LogP contribution in [0.3, 0.4) is 0 Å². The highest BCUT2D eigenvalue weighted by molar-refractivity contribution is 5.91. The number of imidazole rings is 1. The summed E-state index contributed by atoms with van der Waals surface area (Å²) in [6, 6.07) is 1.85. The Bertz CT molecular complexity index is 613. The molecule has 3 aromatic heterocycles. The number of fused-ring (bicyclic) bond motifs is 2. The third-order valence-electron chi connectivity index (χ3n) is 2.03. The van der Waals surface area contributed by atoms with Crippen LogP contribution in [0.15, 0.2) is 18.7 Å². The first-order valence-electron chi connectivity index (χ1n) is 4.05. The van der Waals surface area contributed by atoms with Gasteiger partial charge in [0.2, 0.25) is 0 Å². The molecule has 14 heavy (non-hydrogen) atoms. The van der Waals surface area contributed by atoms with Gasteiger partial charge in [-0.3, -0.25) is 0 Å². The SMILES string of the molecule is Nc1ncnc2cc3[nH]cnc3nc12. The molecule has 3 heterocycles. The maximum atomic E-state index is 5.66. The monoisotopic (exact) mass is 186 g/mol. The second kappa shape index (κ2) is 2.38. The van der Waals surface area contributed by atoms with Crippen molar-refractivity contribution in [3.8, 4) is 0 Å². The Kier molecular flexibility index (Phi) is 1.22. The number of hydrogen-bond donors (Lipinski definition) is 2. The number of H-pyrrole nitrogens is 1. The van der Waals surface area contributed by atoms with Gasteiger partial charge in [0.15, 0.2) is 11.5 Å². The summed E-state index contributed by atoms with van der Waals surface area (Å²) in [5.41, 5.74) is 8.44. The molecule has 6 nitrogen and oxygen atoms in total. The fourth-order valence-corrected chi connectivity index (χ4v) is 1.36. The van der Waals surface area contributed by atoms with Crippen molar-refractivity contribution in [1.29, 1.82) is 0 Å². The molecule has 0 amide bonds. The summed E-state index contributed by atoms with van der Waals surface area (Å²) in [5, 5.41) is 0. The van der Waals surface area contributed by atoms with Crippen molar-refractivity contribution in [2.24, 2.45) is 0 Å².